The smallest absolute Gasteiger partial charge is 0.161 e. The first-order valence-corrected chi connectivity index (χ1v) is 7.16. The second kappa shape index (κ2) is 5.01. The Kier molecular flexibility index (Phi) is 2.97. The van der Waals surface area contributed by atoms with Gasteiger partial charge in [0.25, 0.3) is 0 Å². The first-order chi connectivity index (χ1) is 11.2. The highest BCUT2D eigenvalue weighted by atomic mass is 19.1. The number of anilines is 2. The van der Waals surface area contributed by atoms with Gasteiger partial charge in [0.05, 0.1) is 12.8 Å². The number of phenols is 1. The molecule has 0 spiro atoms. The molecule has 3 aromatic rings. The van der Waals surface area contributed by atoms with Crippen LogP contribution in [-0.2, 0) is 6.42 Å². The van der Waals surface area contributed by atoms with E-state index in [0.717, 1.165) is 28.2 Å². The van der Waals surface area contributed by atoms with Gasteiger partial charge in [-0.25, -0.2) is 4.39 Å². The Labute approximate surface area is 131 Å². The molecular weight excluding hydrogens is 297 g/mol. The van der Waals surface area contributed by atoms with E-state index in [0.29, 0.717) is 17.9 Å². The van der Waals surface area contributed by atoms with Crippen molar-refractivity contribution in [3.8, 4) is 22.8 Å². The van der Waals surface area contributed by atoms with Crippen LogP contribution in [-0.4, -0.2) is 22.4 Å². The summed E-state index contributed by atoms with van der Waals surface area (Å²) in [5, 5.41) is 20.4. The Bertz CT molecular complexity index is 905. The monoisotopic (exact) mass is 311 g/mol. The van der Waals surface area contributed by atoms with Crippen LogP contribution in [0.5, 0.6) is 11.5 Å². The molecule has 0 fully saturated rings. The summed E-state index contributed by atoms with van der Waals surface area (Å²) >= 11 is 0. The quantitative estimate of drug-likeness (QED) is 0.541. The number of ether oxygens (including phenoxy) is 1. The molecule has 1 aromatic heterocycles. The minimum atomic E-state index is -0.302. The molecule has 0 radical (unpaired) electrons. The van der Waals surface area contributed by atoms with E-state index in [1.165, 1.54) is 19.2 Å². The highest BCUT2D eigenvalue weighted by Crippen LogP contribution is 2.43. The summed E-state index contributed by atoms with van der Waals surface area (Å²) < 4.78 is 18.5. The standard InChI is InChI=1S/C17H14FN3O2/c1-23-15-8-12-9(6-14(15)22)5-13-16(12)20-21-17(13)19-11-4-2-3-10(18)7-11/h2-4,6-8,22H,5H2,1H3,(H2,19,20,21). The summed E-state index contributed by atoms with van der Waals surface area (Å²) in [6.07, 6.45) is 0.635. The van der Waals surface area contributed by atoms with Crippen molar-refractivity contribution < 1.29 is 14.2 Å². The molecule has 23 heavy (non-hydrogen) atoms. The van der Waals surface area contributed by atoms with E-state index >= 15 is 0 Å². The fourth-order valence-corrected chi connectivity index (χ4v) is 2.91. The Hall–Kier alpha value is -3.02. The number of rotatable bonds is 3. The molecule has 0 unspecified atom stereocenters. The number of hydrogen-bond acceptors (Lipinski definition) is 4. The van der Waals surface area contributed by atoms with Gasteiger partial charge < -0.3 is 15.2 Å². The van der Waals surface area contributed by atoms with E-state index in [1.54, 1.807) is 24.3 Å². The van der Waals surface area contributed by atoms with Crippen molar-refractivity contribution in [2.45, 2.75) is 6.42 Å². The highest BCUT2D eigenvalue weighted by Gasteiger charge is 2.26. The van der Waals surface area contributed by atoms with Crippen molar-refractivity contribution in [1.29, 1.82) is 0 Å². The van der Waals surface area contributed by atoms with Crippen LogP contribution in [0.2, 0.25) is 0 Å². The number of aromatic nitrogens is 2. The number of aromatic amines is 1. The van der Waals surface area contributed by atoms with Crippen molar-refractivity contribution in [3.05, 3.63) is 53.3 Å². The fraction of sp³-hybridized carbons (Fsp3) is 0.118. The van der Waals surface area contributed by atoms with Crippen molar-refractivity contribution in [2.24, 2.45) is 0 Å². The van der Waals surface area contributed by atoms with Gasteiger partial charge in [-0.05, 0) is 35.9 Å². The Morgan fingerprint density at radius 2 is 2.17 bits per heavy atom. The first kappa shape index (κ1) is 13.6. The summed E-state index contributed by atoms with van der Waals surface area (Å²) in [5.41, 5.74) is 4.36. The molecule has 0 amide bonds. The Morgan fingerprint density at radius 3 is 2.96 bits per heavy atom. The van der Waals surface area contributed by atoms with Gasteiger partial charge in [0.1, 0.15) is 11.6 Å². The van der Waals surface area contributed by atoms with Gasteiger partial charge in [-0.1, -0.05) is 6.07 Å². The maximum Gasteiger partial charge on any atom is 0.161 e. The molecule has 0 bridgehead atoms. The largest absolute Gasteiger partial charge is 0.504 e. The normalized spacial score (nSPS) is 11.9. The zero-order chi connectivity index (χ0) is 16.0. The first-order valence-electron chi connectivity index (χ1n) is 7.16. The molecule has 6 heteroatoms. The number of phenolic OH excluding ortho intramolecular Hbond substituents is 1. The third kappa shape index (κ3) is 2.19. The van der Waals surface area contributed by atoms with Crippen LogP contribution in [0.4, 0.5) is 15.9 Å². The number of nitrogens with zero attached hydrogens (tertiary/aromatic N) is 1. The third-order valence-corrected chi connectivity index (χ3v) is 3.99. The zero-order valence-electron chi connectivity index (χ0n) is 12.4. The second-order valence-corrected chi connectivity index (χ2v) is 5.42. The number of hydrogen-bond donors (Lipinski definition) is 3. The minimum absolute atomic E-state index is 0.111. The maximum absolute atomic E-state index is 13.3. The van der Waals surface area contributed by atoms with Crippen molar-refractivity contribution >= 4 is 11.5 Å². The lowest BCUT2D eigenvalue weighted by Crippen LogP contribution is -1.95. The fourth-order valence-electron chi connectivity index (χ4n) is 2.91. The van der Waals surface area contributed by atoms with Gasteiger partial charge in [0, 0.05) is 23.2 Å². The average Bonchev–Trinajstić information content (AvgIpc) is 3.06. The van der Waals surface area contributed by atoms with Crippen molar-refractivity contribution in [1.82, 2.24) is 10.2 Å². The molecular formula is C17H14FN3O2. The summed E-state index contributed by atoms with van der Waals surface area (Å²) in [7, 11) is 1.51. The van der Waals surface area contributed by atoms with Crippen LogP contribution in [0.15, 0.2) is 36.4 Å². The molecule has 1 aliphatic carbocycles. The summed E-state index contributed by atoms with van der Waals surface area (Å²) in [4.78, 5) is 0. The van der Waals surface area contributed by atoms with E-state index in [1.807, 2.05) is 0 Å². The van der Waals surface area contributed by atoms with Gasteiger partial charge in [-0.15, -0.1) is 0 Å². The van der Waals surface area contributed by atoms with Crippen LogP contribution in [0.25, 0.3) is 11.3 Å². The zero-order valence-corrected chi connectivity index (χ0v) is 12.4. The van der Waals surface area contributed by atoms with E-state index in [2.05, 4.69) is 15.5 Å². The van der Waals surface area contributed by atoms with Crippen LogP contribution in [0.1, 0.15) is 11.1 Å². The summed E-state index contributed by atoms with van der Waals surface area (Å²) in [6, 6.07) is 9.72. The molecule has 0 saturated carbocycles. The van der Waals surface area contributed by atoms with E-state index in [9.17, 15) is 9.50 Å². The van der Waals surface area contributed by atoms with Crippen LogP contribution in [0.3, 0.4) is 0 Å². The van der Waals surface area contributed by atoms with Crippen molar-refractivity contribution in [2.75, 3.05) is 12.4 Å². The molecule has 5 nitrogen and oxygen atoms in total. The summed E-state index contributed by atoms with van der Waals surface area (Å²) in [6.45, 7) is 0. The molecule has 1 aliphatic rings. The Balaban J connectivity index is 1.72. The lowest BCUT2D eigenvalue weighted by molar-refractivity contribution is 0.373. The molecule has 116 valence electrons. The molecule has 0 saturated heterocycles. The number of nitrogens with one attached hydrogen (secondary N) is 2. The molecule has 0 aliphatic heterocycles. The van der Waals surface area contributed by atoms with E-state index < -0.39 is 0 Å². The topological polar surface area (TPSA) is 70.2 Å². The lowest BCUT2D eigenvalue weighted by Gasteiger charge is -2.07. The third-order valence-electron chi connectivity index (χ3n) is 3.99. The SMILES string of the molecule is COc1cc2c(cc1O)Cc1c-2n[nH]c1Nc1cccc(F)c1. The molecule has 3 N–H and O–H groups in total. The number of halogens is 1. The highest BCUT2D eigenvalue weighted by molar-refractivity contribution is 5.81. The average molecular weight is 311 g/mol. The maximum atomic E-state index is 13.3. The van der Waals surface area contributed by atoms with Crippen molar-refractivity contribution in [3.63, 3.8) is 0 Å². The Morgan fingerprint density at radius 1 is 1.30 bits per heavy atom. The number of methoxy groups -OCH3 is 1. The van der Waals surface area contributed by atoms with Crippen LogP contribution in [0, 0.1) is 5.82 Å². The number of fused-ring (bicyclic) bond motifs is 3. The predicted molar refractivity (Wildman–Crippen MR) is 84.7 cm³/mol. The number of H-pyrrole nitrogens is 1. The van der Waals surface area contributed by atoms with Gasteiger partial charge >= 0.3 is 0 Å². The molecule has 1 heterocycles. The lowest BCUT2D eigenvalue weighted by atomic mass is 10.1. The van der Waals surface area contributed by atoms with Gasteiger partial charge in [0.2, 0.25) is 0 Å². The van der Waals surface area contributed by atoms with E-state index in [-0.39, 0.29) is 11.6 Å². The number of benzene rings is 2. The number of aromatic hydroxyl groups is 1. The summed E-state index contributed by atoms with van der Waals surface area (Å²) in [5.74, 6) is 0.948. The second-order valence-electron chi connectivity index (χ2n) is 5.42. The molecule has 2 aromatic carbocycles. The van der Waals surface area contributed by atoms with Gasteiger partial charge in [-0.3, -0.25) is 5.10 Å². The predicted octanol–water partition coefficient (Wildman–Crippen LogP) is 3.58. The molecule has 0 atom stereocenters. The van der Waals surface area contributed by atoms with E-state index in [4.69, 9.17) is 4.74 Å². The van der Waals surface area contributed by atoms with Gasteiger partial charge in [-0.2, -0.15) is 5.10 Å². The minimum Gasteiger partial charge on any atom is -0.504 e. The van der Waals surface area contributed by atoms with Crippen LogP contribution >= 0.6 is 0 Å². The molecule has 4 rings (SSSR count). The van der Waals surface area contributed by atoms with Gasteiger partial charge in [0.15, 0.2) is 11.5 Å². The van der Waals surface area contributed by atoms with Crippen LogP contribution < -0.4 is 10.1 Å².